The molecule has 0 aliphatic heterocycles. The lowest BCUT2D eigenvalue weighted by molar-refractivity contribution is 0.0916. The highest BCUT2D eigenvalue weighted by Crippen LogP contribution is 2.40. The van der Waals surface area contributed by atoms with Crippen LogP contribution in [0.25, 0.3) is 10.8 Å². The van der Waals surface area contributed by atoms with E-state index in [9.17, 15) is 4.79 Å². The summed E-state index contributed by atoms with van der Waals surface area (Å²) in [4.78, 5) is 17.5. The summed E-state index contributed by atoms with van der Waals surface area (Å²) in [5, 5.41) is 0.780. The number of hydrogen-bond acceptors (Lipinski definition) is 4. The fraction of sp³-hybridized carbons (Fsp3) is 0.385. The van der Waals surface area contributed by atoms with E-state index in [4.69, 9.17) is 4.42 Å². The third-order valence-corrected chi connectivity index (χ3v) is 4.81. The van der Waals surface area contributed by atoms with E-state index < -0.39 is 0 Å². The van der Waals surface area contributed by atoms with Gasteiger partial charge in [0.15, 0.2) is 16.6 Å². The number of thiazole rings is 1. The van der Waals surface area contributed by atoms with Gasteiger partial charge in [0.1, 0.15) is 0 Å². The maximum Gasteiger partial charge on any atom is 0.176 e. The maximum absolute atomic E-state index is 12.1. The van der Waals surface area contributed by atoms with Gasteiger partial charge in [0.05, 0.1) is 21.3 Å². The predicted octanol–water partition coefficient (Wildman–Crippen LogP) is 4.32. The summed E-state index contributed by atoms with van der Waals surface area (Å²) in [7, 11) is 0. The van der Waals surface area contributed by atoms with Crippen LogP contribution in [0.4, 0.5) is 0 Å². The summed E-state index contributed by atoms with van der Waals surface area (Å²) >= 11 is 4.85. The van der Waals surface area contributed by atoms with Gasteiger partial charge in [0.25, 0.3) is 0 Å². The predicted molar refractivity (Wildman–Crippen MR) is 73.9 cm³/mol. The Morgan fingerprint density at radius 1 is 1.44 bits per heavy atom. The number of hydrogen-bond donors (Lipinski definition) is 0. The fourth-order valence-electron chi connectivity index (χ4n) is 2.26. The fourth-order valence-corrected chi connectivity index (χ4v) is 3.81. The third-order valence-electron chi connectivity index (χ3n) is 3.05. The number of carbonyl (C=O) groups excluding carboxylic acids is 1. The molecule has 1 aliphatic rings. The lowest BCUT2D eigenvalue weighted by Crippen LogP contribution is -2.25. The third kappa shape index (κ3) is 1.95. The zero-order chi connectivity index (χ0) is 12.9. The molecule has 18 heavy (non-hydrogen) atoms. The molecule has 0 saturated heterocycles. The lowest BCUT2D eigenvalue weighted by atomic mass is 9.78. The topological polar surface area (TPSA) is 43.1 Å². The second kappa shape index (κ2) is 4.03. The Kier molecular flexibility index (Phi) is 2.71. The highest BCUT2D eigenvalue weighted by molar-refractivity contribution is 9.10. The zero-order valence-corrected chi connectivity index (χ0v) is 12.5. The van der Waals surface area contributed by atoms with Crippen LogP contribution in [0, 0.1) is 5.41 Å². The molecule has 0 radical (unpaired) electrons. The van der Waals surface area contributed by atoms with Crippen molar-refractivity contribution in [2.24, 2.45) is 5.41 Å². The summed E-state index contributed by atoms with van der Waals surface area (Å²) in [6.07, 6.45) is 3.06. The van der Waals surface area contributed by atoms with Gasteiger partial charge in [-0.1, -0.05) is 13.8 Å². The molecule has 0 amide bonds. The summed E-state index contributed by atoms with van der Waals surface area (Å²) < 4.78 is 6.28. The van der Waals surface area contributed by atoms with E-state index in [2.05, 4.69) is 34.8 Å². The van der Waals surface area contributed by atoms with Crippen molar-refractivity contribution in [2.45, 2.75) is 26.7 Å². The molecule has 94 valence electrons. The van der Waals surface area contributed by atoms with Gasteiger partial charge in [-0.3, -0.25) is 4.79 Å². The van der Waals surface area contributed by atoms with Crippen LogP contribution in [0.2, 0.25) is 0 Å². The second-order valence-corrected chi connectivity index (χ2v) is 7.19. The number of carbonyl (C=O) groups is 1. The van der Waals surface area contributed by atoms with Crippen LogP contribution in [0.3, 0.4) is 0 Å². The van der Waals surface area contributed by atoms with Crippen molar-refractivity contribution >= 4 is 33.0 Å². The number of nitrogens with zero attached hydrogens (tertiary/aromatic N) is 1. The summed E-state index contributed by atoms with van der Waals surface area (Å²) in [5.74, 6) is 0.910. The van der Waals surface area contributed by atoms with E-state index in [1.54, 1.807) is 6.26 Å². The van der Waals surface area contributed by atoms with E-state index in [0.717, 1.165) is 26.5 Å². The number of Topliss-reactive ketones (excluding diaryl/α,β-unsaturated/α-hetero) is 1. The lowest BCUT2D eigenvalue weighted by Gasteiger charge is -2.26. The van der Waals surface area contributed by atoms with Crippen molar-refractivity contribution in [3.63, 3.8) is 0 Å². The molecule has 5 heteroatoms. The molecule has 2 aromatic rings. The van der Waals surface area contributed by atoms with Crippen LogP contribution in [0.1, 0.15) is 35.6 Å². The van der Waals surface area contributed by atoms with Crippen LogP contribution >= 0.6 is 27.3 Å². The molecule has 0 atom stereocenters. The highest BCUT2D eigenvalue weighted by atomic mass is 79.9. The molecule has 1 aliphatic carbocycles. The minimum absolute atomic E-state index is 0.00974. The Bertz CT molecular complexity index is 627. The minimum Gasteiger partial charge on any atom is -0.461 e. The van der Waals surface area contributed by atoms with Gasteiger partial charge in [-0.25, -0.2) is 4.98 Å². The molecule has 0 N–H and O–H groups in total. The number of ketones is 1. The molecule has 3 nitrogen and oxygen atoms in total. The highest BCUT2D eigenvalue weighted by Gasteiger charge is 2.34. The van der Waals surface area contributed by atoms with Crippen LogP contribution in [0.5, 0.6) is 0 Å². The molecule has 0 unspecified atom stereocenters. The van der Waals surface area contributed by atoms with Gasteiger partial charge in [-0.15, -0.1) is 11.3 Å². The van der Waals surface area contributed by atoms with Crippen molar-refractivity contribution < 1.29 is 9.21 Å². The van der Waals surface area contributed by atoms with Crippen molar-refractivity contribution in [1.29, 1.82) is 0 Å². The largest absolute Gasteiger partial charge is 0.461 e. The van der Waals surface area contributed by atoms with Crippen molar-refractivity contribution in [3.05, 3.63) is 27.4 Å². The van der Waals surface area contributed by atoms with Gasteiger partial charge in [0.2, 0.25) is 0 Å². The summed E-state index contributed by atoms with van der Waals surface area (Å²) in [6.45, 7) is 4.21. The monoisotopic (exact) mass is 325 g/mol. The summed E-state index contributed by atoms with van der Waals surface area (Å²) in [6, 6.07) is 1.83. The average molecular weight is 326 g/mol. The standard InChI is InChI=1S/C13H12BrNO2S/c1-13(2)5-8-11(9(16)6-13)18-12(15-8)10-7(14)3-4-17-10/h3-4H,5-6H2,1-2H3. The molecule has 0 spiro atoms. The molecule has 0 aromatic carbocycles. The molecular weight excluding hydrogens is 314 g/mol. The van der Waals surface area contributed by atoms with Crippen LogP contribution in [0.15, 0.2) is 21.2 Å². The van der Waals surface area contributed by atoms with Crippen molar-refractivity contribution in [1.82, 2.24) is 4.98 Å². The van der Waals surface area contributed by atoms with Crippen LogP contribution in [-0.2, 0) is 6.42 Å². The van der Waals surface area contributed by atoms with E-state index in [1.807, 2.05) is 6.07 Å². The first-order valence-electron chi connectivity index (χ1n) is 5.72. The number of aromatic nitrogens is 1. The average Bonchev–Trinajstić information content (AvgIpc) is 2.82. The Balaban J connectivity index is 2.08. The Hall–Kier alpha value is -0.940. The normalized spacial score (nSPS) is 17.8. The first-order valence-corrected chi connectivity index (χ1v) is 7.33. The van der Waals surface area contributed by atoms with Crippen molar-refractivity contribution in [2.75, 3.05) is 0 Å². The van der Waals surface area contributed by atoms with E-state index in [-0.39, 0.29) is 11.2 Å². The molecular formula is C13H12BrNO2S. The molecule has 0 saturated carbocycles. The molecule has 3 rings (SSSR count). The molecule has 2 heterocycles. The van der Waals surface area contributed by atoms with Crippen LogP contribution in [-0.4, -0.2) is 10.8 Å². The van der Waals surface area contributed by atoms with Gasteiger partial charge in [0, 0.05) is 6.42 Å². The van der Waals surface area contributed by atoms with Crippen molar-refractivity contribution in [3.8, 4) is 10.8 Å². The Morgan fingerprint density at radius 3 is 2.89 bits per heavy atom. The summed E-state index contributed by atoms with van der Waals surface area (Å²) in [5.41, 5.74) is 0.926. The van der Waals surface area contributed by atoms with Gasteiger partial charge < -0.3 is 4.42 Å². The number of furan rings is 1. The number of rotatable bonds is 1. The number of halogens is 1. The first-order chi connectivity index (χ1) is 8.46. The van der Waals surface area contributed by atoms with Crippen LogP contribution < -0.4 is 0 Å². The van der Waals surface area contributed by atoms with Gasteiger partial charge in [-0.05, 0) is 33.8 Å². The molecule has 2 aromatic heterocycles. The second-order valence-electron chi connectivity index (χ2n) is 5.33. The van der Waals surface area contributed by atoms with E-state index in [0.29, 0.717) is 12.2 Å². The maximum atomic E-state index is 12.1. The molecule has 0 bridgehead atoms. The zero-order valence-electron chi connectivity index (χ0n) is 10.1. The smallest absolute Gasteiger partial charge is 0.176 e. The van der Waals surface area contributed by atoms with Gasteiger partial charge in [-0.2, -0.15) is 0 Å². The Labute approximate surface area is 117 Å². The Morgan fingerprint density at radius 2 is 2.22 bits per heavy atom. The van der Waals surface area contributed by atoms with E-state index >= 15 is 0 Å². The first kappa shape index (κ1) is 12.1. The molecule has 0 fully saturated rings. The van der Waals surface area contributed by atoms with Gasteiger partial charge >= 0.3 is 0 Å². The van der Waals surface area contributed by atoms with E-state index in [1.165, 1.54) is 11.3 Å². The SMILES string of the molecule is CC1(C)CC(=O)c2sc(-c3occc3Br)nc2C1. The number of fused-ring (bicyclic) bond motifs is 1. The minimum atomic E-state index is 0.00974. The quantitative estimate of drug-likeness (QED) is 0.784.